The van der Waals surface area contributed by atoms with Crippen molar-refractivity contribution < 1.29 is 15.3 Å². The maximum absolute atomic E-state index is 9.17. The molecule has 4 rings (SSSR count). The minimum absolute atomic E-state index is 0.0614. The maximum atomic E-state index is 9.17. The second-order valence-corrected chi connectivity index (χ2v) is 8.81. The first kappa shape index (κ1) is 29.9. The Labute approximate surface area is 242 Å². The van der Waals surface area contributed by atoms with E-state index in [9.17, 15) is 5.11 Å². The molecule has 0 amide bonds. The summed E-state index contributed by atoms with van der Waals surface area (Å²) >= 11 is 0. The molecule has 0 aliphatic rings. The van der Waals surface area contributed by atoms with E-state index in [2.05, 4.69) is 61.8 Å². The van der Waals surface area contributed by atoms with E-state index in [1.807, 2.05) is 36.4 Å². The van der Waals surface area contributed by atoms with Crippen LogP contribution in [0, 0.1) is 0 Å². The number of aromatic nitrogens is 6. The highest BCUT2D eigenvalue weighted by molar-refractivity contribution is 5.61. The van der Waals surface area contributed by atoms with Gasteiger partial charge in [0.1, 0.15) is 0 Å². The van der Waals surface area contributed by atoms with Gasteiger partial charge in [-0.2, -0.15) is 29.9 Å². The number of nitrogens with two attached hydrogens (primary N) is 1. The van der Waals surface area contributed by atoms with Gasteiger partial charge in [-0.05, 0) is 42.3 Å². The molecule has 16 heteroatoms. The number of hydrogen-bond acceptors (Lipinski definition) is 16. The molecule has 0 atom stereocenters. The molecule has 42 heavy (non-hydrogen) atoms. The number of anilines is 9. The van der Waals surface area contributed by atoms with E-state index in [4.69, 9.17) is 15.9 Å². The van der Waals surface area contributed by atoms with Gasteiger partial charge in [-0.1, -0.05) is 18.2 Å². The third-order valence-electron chi connectivity index (χ3n) is 5.51. The smallest absolute Gasteiger partial charge is 0.233 e. The molecule has 0 aliphatic carbocycles. The Morgan fingerprint density at radius 1 is 0.524 bits per heavy atom. The molecule has 4 aromatic rings. The van der Waals surface area contributed by atoms with Crippen LogP contribution in [-0.4, -0.2) is 91.2 Å². The van der Waals surface area contributed by atoms with Crippen LogP contribution in [0.25, 0.3) is 0 Å². The SMILES string of the molecule is Nc1cccc(Nc2nc(NCCO)nc(NCCc3ccc(Nc4nc(NCCO)nc(NCCO)n4)cc3)n2)c1. The first-order valence-electron chi connectivity index (χ1n) is 13.3. The number of aliphatic hydroxyl groups is 3. The lowest BCUT2D eigenvalue weighted by molar-refractivity contribution is 0.310. The minimum atomic E-state index is -0.0689. The topological polar surface area (TPSA) is 236 Å². The lowest BCUT2D eigenvalue weighted by Crippen LogP contribution is -2.15. The number of aliphatic hydroxyl groups excluding tert-OH is 3. The highest BCUT2D eigenvalue weighted by Crippen LogP contribution is 2.19. The second-order valence-electron chi connectivity index (χ2n) is 8.81. The standard InChI is InChI=1S/C26H35N13O3/c27-18-2-1-3-20(16-18)33-26-36-21(34-22(39-26)29-10-13-40)28-9-8-17-4-6-19(7-5-17)32-25-37-23(30-11-14-41)35-24(38-25)31-12-15-42/h1-7,16,40-42H,8-15,27H2,(H3,28,29,33,34,36,39)(H3,30,31,32,35,37,38). The Morgan fingerprint density at radius 3 is 1.45 bits per heavy atom. The lowest BCUT2D eigenvalue weighted by Gasteiger charge is -2.12. The number of nitrogens with one attached hydrogen (secondary N) is 6. The van der Waals surface area contributed by atoms with Crippen molar-refractivity contribution in [2.24, 2.45) is 0 Å². The molecule has 0 bridgehead atoms. The molecule has 0 fully saturated rings. The van der Waals surface area contributed by atoms with Gasteiger partial charge in [0.05, 0.1) is 19.8 Å². The van der Waals surface area contributed by atoms with Crippen LogP contribution >= 0.6 is 0 Å². The Hall–Kier alpha value is -5.06. The number of nitrogen functional groups attached to an aromatic ring is 1. The van der Waals surface area contributed by atoms with Crippen LogP contribution < -0.4 is 37.6 Å². The van der Waals surface area contributed by atoms with Gasteiger partial charge < -0.3 is 53.0 Å². The van der Waals surface area contributed by atoms with E-state index < -0.39 is 0 Å². The van der Waals surface area contributed by atoms with Crippen molar-refractivity contribution in [3.8, 4) is 0 Å². The monoisotopic (exact) mass is 577 g/mol. The first-order chi connectivity index (χ1) is 20.5. The molecule has 0 unspecified atom stereocenters. The van der Waals surface area contributed by atoms with Crippen molar-refractivity contribution in [1.82, 2.24) is 29.9 Å². The largest absolute Gasteiger partial charge is 0.399 e. The zero-order chi connectivity index (χ0) is 29.6. The molecule has 2 aromatic heterocycles. The van der Waals surface area contributed by atoms with E-state index in [-0.39, 0.29) is 32.9 Å². The van der Waals surface area contributed by atoms with E-state index in [0.717, 1.165) is 16.9 Å². The molecular weight excluding hydrogens is 542 g/mol. The van der Waals surface area contributed by atoms with Crippen molar-refractivity contribution in [3.05, 3.63) is 54.1 Å². The molecule has 0 aliphatic heterocycles. The minimum Gasteiger partial charge on any atom is -0.399 e. The summed E-state index contributed by atoms with van der Waals surface area (Å²) in [4.78, 5) is 26.1. The van der Waals surface area contributed by atoms with Crippen molar-refractivity contribution >= 4 is 52.8 Å². The number of rotatable bonds is 17. The van der Waals surface area contributed by atoms with Crippen molar-refractivity contribution in [2.45, 2.75) is 6.42 Å². The van der Waals surface area contributed by atoms with Gasteiger partial charge in [0, 0.05) is 43.2 Å². The van der Waals surface area contributed by atoms with Gasteiger partial charge in [0.2, 0.25) is 35.7 Å². The van der Waals surface area contributed by atoms with Crippen LogP contribution in [0.3, 0.4) is 0 Å². The average Bonchev–Trinajstić information content (AvgIpc) is 2.99. The molecule has 16 nitrogen and oxygen atoms in total. The van der Waals surface area contributed by atoms with Gasteiger partial charge >= 0.3 is 0 Å². The molecule has 11 N–H and O–H groups in total. The zero-order valence-corrected chi connectivity index (χ0v) is 22.9. The summed E-state index contributed by atoms with van der Waals surface area (Å²) in [5.41, 5.74) is 9.07. The molecule has 2 heterocycles. The van der Waals surface area contributed by atoms with E-state index in [1.165, 1.54) is 0 Å². The summed E-state index contributed by atoms with van der Waals surface area (Å²) in [7, 11) is 0. The fraction of sp³-hybridized carbons (Fsp3) is 0.308. The summed E-state index contributed by atoms with van der Waals surface area (Å²) in [6.07, 6.45) is 0.694. The van der Waals surface area contributed by atoms with E-state index in [1.54, 1.807) is 12.1 Å². The van der Waals surface area contributed by atoms with Gasteiger partial charge in [0.15, 0.2) is 0 Å². The Morgan fingerprint density at radius 2 is 0.976 bits per heavy atom. The normalized spacial score (nSPS) is 10.6. The van der Waals surface area contributed by atoms with E-state index >= 15 is 0 Å². The fourth-order valence-electron chi connectivity index (χ4n) is 3.63. The second kappa shape index (κ2) is 15.7. The zero-order valence-electron chi connectivity index (χ0n) is 22.9. The third-order valence-corrected chi connectivity index (χ3v) is 5.51. The molecule has 0 saturated carbocycles. The van der Waals surface area contributed by atoms with Gasteiger partial charge in [0.25, 0.3) is 0 Å². The molecule has 2 aromatic carbocycles. The Kier molecular flexibility index (Phi) is 11.1. The van der Waals surface area contributed by atoms with Gasteiger partial charge in [-0.15, -0.1) is 0 Å². The number of hydrogen-bond donors (Lipinski definition) is 10. The fourth-order valence-corrected chi connectivity index (χ4v) is 3.63. The molecular formula is C26H35N13O3. The number of benzene rings is 2. The summed E-state index contributed by atoms with van der Waals surface area (Å²) in [5, 5.41) is 45.6. The third kappa shape index (κ3) is 9.54. The quantitative estimate of drug-likeness (QED) is 0.0787. The highest BCUT2D eigenvalue weighted by atomic mass is 16.3. The van der Waals surface area contributed by atoms with Crippen LogP contribution in [-0.2, 0) is 6.42 Å². The summed E-state index contributed by atoms with van der Waals surface area (Å²) < 4.78 is 0. The predicted molar refractivity (Wildman–Crippen MR) is 162 cm³/mol. The summed E-state index contributed by atoms with van der Waals surface area (Å²) in [6, 6.07) is 15.0. The van der Waals surface area contributed by atoms with Crippen LogP contribution in [0.15, 0.2) is 48.5 Å². The van der Waals surface area contributed by atoms with Crippen LogP contribution in [0.2, 0.25) is 0 Å². The molecule has 0 spiro atoms. The molecule has 0 saturated heterocycles. The van der Waals surface area contributed by atoms with Gasteiger partial charge in [-0.25, -0.2) is 0 Å². The molecule has 0 radical (unpaired) electrons. The Balaban J connectivity index is 1.36. The molecule has 222 valence electrons. The number of nitrogens with zero attached hydrogens (tertiary/aromatic N) is 6. The maximum Gasteiger partial charge on any atom is 0.233 e. The van der Waals surface area contributed by atoms with Crippen LogP contribution in [0.4, 0.5) is 52.8 Å². The van der Waals surface area contributed by atoms with Crippen LogP contribution in [0.5, 0.6) is 0 Å². The van der Waals surface area contributed by atoms with Gasteiger partial charge in [-0.3, -0.25) is 0 Å². The van der Waals surface area contributed by atoms with Crippen molar-refractivity contribution in [3.63, 3.8) is 0 Å². The highest BCUT2D eigenvalue weighted by Gasteiger charge is 2.09. The summed E-state index contributed by atoms with van der Waals surface area (Å²) in [5.74, 6) is 1.93. The average molecular weight is 578 g/mol. The van der Waals surface area contributed by atoms with Crippen molar-refractivity contribution in [1.29, 1.82) is 0 Å². The lowest BCUT2D eigenvalue weighted by atomic mass is 10.1. The summed E-state index contributed by atoms with van der Waals surface area (Å²) in [6.45, 7) is 1.23. The Bertz CT molecular complexity index is 1380. The predicted octanol–water partition coefficient (Wildman–Crippen LogP) is 0.993. The van der Waals surface area contributed by atoms with E-state index in [0.29, 0.717) is 60.9 Å². The van der Waals surface area contributed by atoms with Crippen LogP contribution in [0.1, 0.15) is 5.56 Å². The van der Waals surface area contributed by atoms with Crippen molar-refractivity contribution in [2.75, 3.05) is 83.6 Å². The first-order valence-corrected chi connectivity index (χ1v) is 13.3.